The highest BCUT2D eigenvalue weighted by Gasteiger charge is 2.11. The first-order chi connectivity index (χ1) is 5.63. The average molecular weight is 175 g/mol. The third-order valence-corrected chi connectivity index (χ3v) is 1.56. The summed E-state index contributed by atoms with van der Waals surface area (Å²) in [6.07, 6.45) is 0. The third kappa shape index (κ3) is 3.43. The Morgan fingerprint density at radius 2 is 2.25 bits per heavy atom. The highest BCUT2D eigenvalue weighted by molar-refractivity contribution is 5.77. The van der Waals surface area contributed by atoms with Gasteiger partial charge in [0, 0.05) is 19.7 Å². The van der Waals surface area contributed by atoms with Gasteiger partial charge < -0.3 is 20.6 Å². The summed E-state index contributed by atoms with van der Waals surface area (Å²) in [6, 6.07) is 0.205. The van der Waals surface area contributed by atoms with Crippen LogP contribution in [0.5, 0.6) is 0 Å². The van der Waals surface area contributed by atoms with Crippen LogP contribution in [0.3, 0.4) is 0 Å². The molecule has 0 spiro atoms. The summed E-state index contributed by atoms with van der Waals surface area (Å²) in [5, 5.41) is 11.4. The van der Waals surface area contributed by atoms with E-state index < -0.39 is 0 Å². The number of rotatable bonds is 4. The Balaban J connectivity index is 4.04. The molecule has 0 rings (SSSR count). The summed E-state index contributed by atoms with van der Waals surface area (Å²) in [5.74, 6) is 0.127. The number of ether oxygens (including phenoxy) is 1. The Labute approximate surface area is 72.8 Å². The molecule has 3 N–H and O–H groups in total. The molecule has 5 heteroatoms. The van der Waals surface area contributed by atoms with Crippen LogP contribution in [0.25, 0.3) is 0 Å². The Bertz CT molecular complexity index is 148. The van der Waals surface area contributed by atoms with E-state index in [-0.39, 0.29) is 12.0 Å². The molecular weight excluding hydrogens is 158 g/mol. The lowest BCUT2D eigenvalue weighted by molar-refractivity contribution is 0.163. The zero-order valence-corrected chi connectivity index (χ0v) is 7.82. The maximum absolute atomic E-state index is 8.43. The Kier molecular flexibility index (Phi) is 5.19. The number of methoxy groups -OCH3 is 1. The van der Waals surface area contributed by atoms with Crippen molar-refractivity contribution in [2.45, 2.75) is 19.9 Å². The quantitative estimate of drug-likeness (QED) is 0.274. The summed E-state index contributed by atoms with van der Waals surface area (Å²) in [6.45, 7) is 5.12. The van der Waals surface area contributed by atoms with Crippen LogP contribution in [0.1, 0.15) is 13.8 Å². The second-order valence-electron chi connectivity index (χ2n) is 2.74. The Hall–Kier alpha value is -0.970. The number of guanidine groups is 1. The van der Waals surface area contributed by atoms with Crippen molar-refractivity contribution in [2.24, 2.45) is 10.9 Å². The maximum atomic E-state index is 8.43. The standard InChI is InChI=1S/C7H17N3O2/c1-6(2)10(4-5-12-3)7(8)9-11/h6,11H,4-5H2,1-3H3,(H2,8,9). The fourth-order valence-corrected chi connectivity index (χ4v) is 0.884. The van der Waals surface area contributed by atoms with Crippen LogP contribution < -0.4 is 5.73 Å². The van der Waals surface area contributed by atoms with Gasteiger partial charge in [0.1, 0.15) is 0 Å². The van der Waals surface area contributed by atoms with Gasteiger partial charge >= 0.3 is 0 Å². The first-order valence-corrected chi connectivity index (χ1v) is 3.86. The van der Waals surface area contributed by atoms with Crippen LogP contribution in [0.4, 0.5) is 0 Å². The van der Waals surface area contributed by atoms with Crippen molar-refractivity contribution in [1.82, 2.24) is 4.90 Å². The molecule has 0 aliphatic carbocycles. The van der Waals surface area contributed by atoms with E-state index in [1.54, 1.807) is 12.0 Å². The molecule has 0 bridgehead atoms. The van der Waals surface area contributed by atoms with Crippen molar-refractivity contribution in [3.63, 3.8) is 0 Å². The molecule has 0 fully saturated rings. The van der Waals surface area contributed by atoms with Crippen LogP contribution in [0.2, 0.25) is 0 Å². The van der Waals surface area contributed by atoms with Crippen LogP contribution in [0, 0.1) is 0 Å². The minimum Gasteiger partial charge on any atom is -0.408 e. The molecule has 0 saturated carbocycles. The predicted octanol–water partition coefficient (Wildman–Crippen LogP) is 0.0471. The number of hydrogen-bond acceptors (Lipinski definition) is 3. The summed E-state index contributed by atoms with van der Waals surface area (Å²) >= 11 is 0. The van der Waals surface area contributed by atoms with Gasteiger partial charge in [0.15, 0.2) is 0 Å². The first-order valence-electron chi connectivity index (χ1n) is 3.86. The third-order valence-electron chi connectivity index (χ3n) is 1.56. The molecule has 0 unspecified atom stereocenters. The number of nitrogens with two attached hydrogens (primary N) is 1. The number of hydrogen-bond donors (Lipinski definition) is 2. The molecular formula is C7H17N3O2. The molecule has 0 aromatic rings. The van der Waals surface area contributed by atoms with Crippen LogP contribution in [-0.2, 0) is 4.74 Å². The van der Waals surface area contributed by atoms with E-state index in [0.29, 0.717) is 13.2 Å². The molecule has 5 nitrogen and oxygen atoms in total. The van der Waals surface area contributed by atoms with Crippen molar-refractivity contribution >= 4 is 5.96 Å². The van der Waals surface area contributed by atoms with E-state index in [2.05, 4.69) is 5.16 Å². The molecule has 72 valence electrons. The van der Waals surface area contributed by atoms with Gasteiger partial charge in [-0.05, 0) is 13.8 Å². The molecule has 0 amide bonds. The van der Waals surface area contributed by atoms with E-state index in [9.17, 15) is 0 Å². The fraction of sp³-hybridized carbons (Fsp3) is 0.857. The maximum Gasteiger partial charge on any atom is 0.233 e. The minimum absolute atomic E-state index is 0.127. The second-order valence-corrected chi connectivity index (χ2v) is 2.74. The zero-order chi connectivity index (χ0) is 9.56. The molecule has 0 radical (unpaired) electrons. The molecule has 0 aliphatic heterocycles. The van der Waals surface area contributed by atoms with E-state index in [1.165, 1.54) is 0 Å². The van der Waals surface area contributed by atoms with Crippen LogP contribution in [-0.4, -0.2) is 42.4 Å². The second kappa shape index (κ2) is 5.65. The minimum atomic E-state index is 0.127. The molecule has 0 heterocycles. The SMILES string of the molecule is COCCN(C(N)=NO)C(C)C. The molecule has 0 saturated heterocycles. The van der Waals surface area contributed by atoms with Gasteiger partial charge in [-0.1, -0.05) is 5.16 Å². The smallest absolute Gasteiger partial charge is 0.233 e. The highest BCUT2D eigenvalue weighted by atomic mass is 16.5. The molecule has 0 aliphatic rings. The fourth-order valence-electron chi connectivity index (χ4n) is 0.884. The van der Waals surface area contributed by atoms with Crippen molar-refractivity contribution in [2.75, 3.05) is 20.3 Å². The van der Waals surface area contributed by atoms with Gasteiger partial charge in [-0.25, -0.2) is 0 Å². The van der Waals surface area contributed by atoms with E-state index in [1.807, 2.05) is 13.8 Å². The van der Waals surface area contributed by atoms with Crippen molar-refractivity contribution in [1.29, 1.82) is 0 Å². The zero-order valence-electron chi connectivity index (χ0n) is 7.82. The monoisotopic (exact) mass is 175 g/mol. The predicted molar refractivity (Wildman–Crippen MR) is 47.1 cm³/mol. The molecule has 0 aromatic carbocycles. The Morgan fingerprint density at radius 1 is 1.67 bits per heavy atom. The van der Waals surface area contributed by atoms with Crippen molar-refractivity contribution in [3.8, 4) is 0 Å². The van der Waals surface area contributed by atoms with Gasteiger partial charge in [-0.15, -0.1) is 0 Å². The van der Waals surface area contributed by atoms with Crippen LogP contribution in [0.15, 0.2) is 5.16 Å². The lowest BCUT2D eigenvalue weighted by Crippen LogP contribution is -2.43. The van der Waals surface area contributed by atoms with E-state index >= 15 is 0 Å². The van der Waals surface area contributed by atoms with Gasteiger partial charge in [0.05, 0.1) is 6.61 Å². The van der Waals surface area contributed by atoms with Crippen molar-refractivity contribution < 1.29 is 9.94 Å². The average Bonchev–Trinajstić information content (AvgIpc) is 2.04. The van der Waals surface area contributed by atoms with Gasteiger partial charge in [-0.2, -0.15) is 0 Å². The Morgan fingerprint density at radius 3 is 2.58 bits per heavy atom. The highest BCUT2D eigenvalue weighted by Crippen LogP contribution is 1.96. The summed E-state index contributed by atoms with van der Waals surface area (Å²) in [4.78, 5) is 1.75. The van der Waals surface area contributed by atoms with Crippen LogP contribution >= 0.6 is 0 Å². The van der Waals surface area contributed by atoms with Crippen molar-refractivity contribution in [3.05, 3.63) is 0 Å². The largest absolute Gasteiger partial charge is 0.408 e. The van der Waals surface area contributed by atoms with Gasteiger partial charge in [0.25, 0.3) is 0 Å². The summed E-state index contributed by atoms with van der Waals surface area (Å²) < 4.78 is 4.88. The number of oxime groups is 1. The summed E-state index contributed by atoms with van der Waals surface area (Å²) in [7, 11) is 1.62. The molecule has 0 aromatic heterocycles. The van der Waals surface area contributed by atoms with E-state index in [4.69, 9.17) is 15.7 Å². The molecule has 12 heavy (non-hydrogen) atoms. The first kappa shape index (κ1) is 11.0. The summed E-state index contributed by atoms with van der Waals surface area (Å²) in [5.41, 5.74) is 5.43. The van der Waals surface area contributed by atoms with E-state index in [0.717, 1.165) is 0 Å². The van der Waals surface area contributed by atoms with Gasteiger partial charge in [0.2, 0.25) is 5.96 Å². The normalized spacial score (nSPS) is 12.2. The molecule has 0 atom stereocenters. The topological polar surface area (TPSA) is 71.1 Å². The lowest BCUT2D eigenvalue weighted by atomic mass is 10.3. The lowest BCUT2D eigenvalue weighted by Gasteiger charge is -2.26. The number of nitrogens with zero attached hydrogens (tertiary/aromatic N) is 2. The van der Waals surface area contributed by atoms with Gasteiger partial charge in [-0.3, -0.25) is 0 Å².